The molecule has 0 radical (unpaired) electrons. The molecule has 2 nitrogen and oxygen atoms in total. The smallest absolute Gasteiger partial charge is 0.141 e. The van der Waals surface area contributed by atoms with Gasteiger partial charge in [0.1, 0.15) is 11.9 Å². The van der Waals surface area contributed by atoms with Crippen molar-refractivity contribution in [2.75, 3.05) is 5.32 Å². The standard InChI is InChI=1S/C16H11FN2S/c17-11-4-3-5-12(8-11)19-15(9-18)14-10-20-16-7-2-1-6-13(14)16/h1-8,10,15,19H. The van der Waals surface area contributed by atoms with Gasteiger partial charge in [-0.2, -0.15) is 5.26 Å². The van der Waals surface area contributed by atoms with Gasteiger partial charge >= 0.3 is 0 Å². The molecule has 0 spiro atoms. The van der Waals surface area contributed by atoms with Crippen LogP contribution in [0.2, 0.25) is 0 Å². The average Bonchev–Trinajstić information content (AvgIpc) is 2.89. The Labute approximate surface area is 120 Å². The largest absolute Gasteiger partial charge is 0.366 e. The minimum atomic E-state index is -0.493. The Bertz CT molecular complexity index is 788. The molecule has 0 aliphatic heterocycles. The molecule has 0 amide bonds. The quantitative estimate of drug-likeness (QED) is 0.754. The van der Waals surface area contributed by atoms with E-state index in [2.05, 4.69) is 11.4 Å². The number of hydrogen-bond donors (Lipinski definition) is 1. The molecule has 1 unspecified atom stereocenters. The summed E-state index contributed by atoms with van der Waals surface area (Å²) in [5.41, 5.74) is 1.53. The maximum atomic E-state index is 13.2. The van der Waals surface area contributed by atoms with Crippen LogP contribution < -0.4 is 5.32 Å². The molecule has 1 atom stereocenters. The monoisotopic (exact) mass is 282 g/mol. The second-order valence-corrected chi connectivity index (χ2v) is 5.32. The fraction of sp³-hybridized carbons (Fsp3) is 0.0625. The summed E-state index contributed by atoms with van der Waals surface area (Å²) >= 11 is 1.61. The molecule has 4 heteroatoms. The van der Waals surface area contributed by atoms with E-state index >= 15 is 0 Å². The van der Waals surface area contributed by atoms with E-state index in [1.807, 2.05) is 29.6 Å². The summed E-state index contributed by atoms with van der Waals surface area (Å²) in [6, 6.07) is 15.8. The summed E-state index contributed by atoms with van der Waals surface area (Å²) < 4.78 is 14.3. The molecular formula is C16H11FN2S. The number of halogens is 1. The third-order valence-corrected chi connectivity index (χ3v) is 4.07. The Kier molecular flexibility index (Phi) is 3.36. The highest BCUT2D eigenvalue weighted by Crippen LogP contribution is 2.31. The Morgan fingerprint density at radius 1 is 1.15 bits per heavy atom. The van der Waals surface area contributed by atoms with Crippen molar-refractivity contribution in [1.29, 1.82) is 5.26 Å². The van der Waals surface area contributed by atoms with Gasteiger partial charge in [-0.3, -0.25) is 0 Å². The van der Waals surface area contributed by atoms with Crippen LogP contribution in [-0.2, 0) is 0 Å². The number of thiophene rings is 1. The molecule has 1 heterocycles. The molecule has 0 bridgehead atoms. The Balaban J connectivity index is 1.96. The van der Waals surface area contributed by atoms with Crippen LogP contribution in [0.1, 0.15) is 11.6 Å². The zero-order chi connectivity index (χ0) is 13.9. The molecule has 3 rings (SSSR count). The van der Waals surface area contributed by atoms with Gasteiger partial charge < -0.3 is 5.32 Å². The van der Waals surface area contributed by atoms with Crippen molar-refractivity contribution in [1.82, 2.24) is 0 Å². The summed E-state index contributed by atoms with van der Waals surface area (Å²) in [4.78, 5) is 0. The van der Waals surface area contributed by atoms with Crippen LogP contribution in [0.3, 0.4) is 0 Å². The lowest BCUT2D eigenvalue weighted by atomic mass is 10.1. The first-order chi connectivity index (χ1) is 9.78. The number of hydrogen-bond acceptors (Lipinski definition) is 3. The van der Waals surface area contributed by atoms with Crippen molar-refractivity contribution < 1.29 is 4.39 Å². The lowest BCUT2D eigenvalue weighted by Crippen LogP contribution is -2.07. The van der Waals surface area contributed by atoms with Crippen LogP contribution in [0.4, 0.5) is 10.1 Å². The zero-order valence-corrected chi connectivity index (χ0v) is 11.3. The van der Waals surface area contributed by atoms with Gasteiger partial charge in [0.05, 0.1) is 6.07 Å². The lowest BCUT2D eigenvalue weighted by molar-refractivity contribution is 0.628. The van der Waals surface area contributed by atoms with Gasteiger partial charge in [-0.25, -0.2) is 4.39 Å². The van der Waals surface area contributed by atoms with E-state index in [1.54, 1.807) is 23.5 Å². The molecule has 3 aromatic rings. The minimum Gasteiger partial charge on any atom is -0.366 e. The highest BCUT2D eigenvalue weighted by molar-refractivity contribution is 7.17. The Hall–Kier alpha value is -2.38. The van der Waals surface area contributed by atoms with Crippen molar-refractivity contribution in [2.45, 2.75) is 6.04 Å². The molecule has 2 aromatic carbocycles. The van der Waals surface area contributed by atoms with Crippen molar-refractivity contribution in [3.8, 4) is 6.07 Å². The van der Waals surface area contributed by atoms with E-state index in [9.17, 15) is 9.65 Å². The van der Waals surface area contributed by atoms with Crippen LogP contribution >= 0.6 is 11.3 Å². The fourth-order valence-electron chi connectivity index (χ4n) is 2.15. The van der Waals surface area contributed by atoms with Gasteiger partial charge in [0.2, 0.25) is 0 Å². The number of fused-ring (bicyclic) bond motifs is 1. The molecule has 0 saturated carbocycles. The third kappa shape index (κ3) is 2.36. The molecule has 20 heavy (non-hydrogen) atoms. The first-order valence-corrected chi connectivity index (χ1v) is 7.04. The van der Waals surface area contributed by atoms with Gasteiger partial charge in [0, 0.05) is 16.0 Å². The molecule has 0 aliphatic carbocycles. The molecule has 0 fully saturated rings. The highest BCUT2D eigenvalue weighted by atomic mass is 32.1. The SMILES string of the molecule is N#CC(Nc1cccc(F)c1)c1csc2ccccc12. The van der Waals surface area contributed by atoms with E-state index in [4.69, 9.17) is 0 Å². The van der Waals surface area contributed by atoms with Gasteiger partial charge in [-0.05, 0) is 35.0 Å². The number of benzene rings is 2. The maximum absolute atomic E-state index is 13.2. The molecule has 1 N–H and O–H groups in total. The number of rotatable bonds is 3. The van der Waals surface area contributed by atoms with E-state index in [0.717, 1.165) is 15.6 Å². The van der Waals surface area contributed by atoms with Crippen LogP contribution in [0.15, 0.2) is 53.9 Å². The van der Waals surface area contributed by atoms with Gasteiger partial charge in [0.25, 0.3) is 0 Å². The molecule has 98 valence electrons. The number of nitrogens with zero attached hydrogens (tertiary/aromatic N) is 1. The zero-order valence-electron chi connectivity index (χ0n) is 10.5. The minimum absolute atomic E-state index is 0.318. The molecule has 1 aromatic heterocycles. The van der Waals surface area contributed by atoms with Crippen molar-refractivity contribution in [2.24, 2.45) is 0 Å². The topological polar surface area (TPSA) is 35.8 Å². The molecule has 0 saturated heterocycles. The van der Waals surface area contributed by atoms with E-state index < -0.39 is 6.04 Å². The summed E-state index contributed by atoms with van der Waals surface area (Å²) in [5.74, 6) is -0.318. The highest BCUT2D eigenvalue weighted by Gasteiger charge is 2.15. The maximum Gasteiger partial charge on any atom is 0.141 e. The van der Waals surface area contributed by atoms with Gasteiger partial charge in [-0.1, -0.05) is 24.3 Å². The molecule has 0 aliphatic rings. The summed E-state index contributed by atoms with van der Waals surface area (Å²) in [7, 11) is 0. The lowest BCUT2D eigenvalue weighted by Gasteiger charge is -2.12. The van der Waals surface area contributed by atoms with Crippen molar-refractivity contribution in [3.05, 3.63) is 65.3 Å². The van der Waals surface area contributed by atoms with Gasteiger partial charge in [-0.15, -0.1) is 11.3 Å². The fourth-order valence-corrected chi connectivity index (χ4v) is 3.13. The number of nitriles is 1. The second-order valence-electron chi connectivity index (χ2n) is 4.40. The summed E-state index contributed by atoms with van der Waals surface area (Å²) in [6.07, 6.45) is 0. The summed E-state index contributed by atoms with van der Waals surface area (Å²) in [5, 5.41) is 15.5. The predicted molar refractivity (Wildman–Crippen MR) is 80.2 cm³/mol. The Morgan fingerprint density at radius 3 is 2.80 bits per heavy atom. The summed E-state index contributed by atoms with van der Waals surface area (Å²) in [6.45, 7) is 0. The first kappa shape index (κ1) is 12.6. The second kappa shape index (κ2) is 5.32. The van der Waals surface area contributed by atoms with Crippen LogP contribution in [-0.4, -0.2) is 0 Å². The number of nitrogens with one attached hydrogen (secondary N) is 1. The van der Waals surface area contributed by atoms with E-state index in [0.29, 0.717) is 5.69 Å². The first-order valence-electron chi connectivity index (χ1n) is 6.16. The normalized spacial score (nSPS) is 12.0. The average molecular weight is 282 g/mol. The van der Waals surface area contributed by atoms with E-state index in [1.165, 1.54) is 12.1 Å². The third-order valence-electron chi connectivity index (χ3n) is 3.09. The van der Waals surface area contributed by atoms with Crippen LogP contribution in [0.5, 0.6) is 0 Å². The molecular weight excluding hydrogens is 271 g/mol. The predicted octanol–water partition coefficient (Wildman–Crippen LogP) is 4.72. The van der Waals surface area contributed by atoms with Crippen molar-refractivity contribution >= 4 is 27.1 Å². The van der Waals surface area contributed by atoms with Crippen LogP contribution in [0, 0.1) is 17.1 Å². The van der Waals surface area contributed by atoms with E-state index in [-0.39, 0.29) is 5.82 Å². The van der Waals surface area contributed by atoms with Gasteiger partial charge in [0.15, 0.2) is 0 Å². The Morgan fingerprint density at radius 2 is 2.00 bits per heavy atom. The number of anilines is 1. The van der Waals surface area contributed by atoms with Crippen molar-refractivity contribution in [3.63, 3.8) is 0 Å². The van der Waals surface area contributed by atoms with Crippen LogP contribution in [0.25, 0.3) is 10.1 Å².